The number of aryl methyl sites for hydroxylation is 1. The molecule has 2 aromatic carbocycles. The van der Waals surface area contributed by atoms with Crippen LogP contribution in [0.4, 0.5) is 0 Å². The molecular formula is C18H18N2OS. The summed E-state index contributed by atoms with van der Waals surface area (Å²) in [5.74, 6) is 0.0201. The van der Waals surface area contributed by atoms with E-state index in [9.17, 15) is 4.79 Å². The lowest BCUT2D eigenvalue weighted by atomic mass is 10.1. The molecular weight excluding hydrogens is 292 g/mol. The second kappa shape index (κ2) is 5.89. The Morgan fingerprint density at radius 3 is 2.50 bits per heavy atom. The van der Waals surface area contributed by atoms with Crippen LogP contribution in [0.25, 0.3) is 10.2 Å². The van der Waals surface area contributed by atoms with Gasteiger partial charge in [-0.1, -0.05) is 29.8 Å². The number of para-hydroxylation sites is 1. The van der Waals surface area contributed by atoms with Gasteiger partial charge in [0.05, 0.1) is 16.3 Å². The number of hydrogen-bond donors (Lipinski definition) is 0. The van der Waals surface area contributed by atoms with E-state index >= 15 is 0 Å². The number of benzene rings is 2. The zero-order valence-corrected chi connectivity index (χ0v) is 13.7. The Morgan fingerprint density at radius 2 is 1.82 bits per heavy atom. The molecule has 3 aromatic rings. The molecule has 4 heteroatoms. The molecule has 0 fully saturated rings. The smallest absolute Gasteiger partial charge is 0.254 e. The van der Waals surface area contributed by atoms with Crippen molar-refractivity contribution in [1.29, 1.82) is 0 Å². The van der Waals surface area contributed by atoms with E-state index in [0.717, 1.165) is 20.8 Å². The minimum Gasteiger partial charge on any atom is -0.333 e. The number of hydrogen-bond acceptors (Lipinski definition) is 3. The van der Waals surface area contributed by atoms with Gasteiger partial charge in [0, 0.05) is 12.6 Å². The third-order valence-corrected chi connectivity index (χ3v) is 5.07. The van der Waals surface area contributed by atoms with E-state index in [1.165, 1.54) is 0 Å². The molecule has 112 valence electrons. The SMILES string of the molecule is Cc1ccc(C(=O)N(C)C(C)c2nc3ccccc3s2)cc1. The fourth-order valence-electron chi connectivity index (χ4n) is 2.31. The molecule has 0 spiro atoms. The van der Waals surface area contributed by atoms with Gasteiger partial charge in [0.2, 0.25) is 0 Å². The van der Waals surface area contributed by atoms with Crippen LogP contribution in [-0.2, 0) is 0 Å². The minimum absolute atomic E-state index is 0.0201. The lowest BCUT2D eigenvalue weighted by Gasteiger charge is -2.23. The van der Waals surface area contributed by atoms with E-state index in [1.807, 2.05) is 63.4 Å². The number of fused-ring (bicyclic) bond motifs is 1. The first-order chi connectivity index (χ1) is 10.6. The van der Waals surface area contributed by atoms with Crippen LogP contribution in [0, 0.1) is 6.92 Å². The number of carbonyl (C=O) groups excluding carboxylic acids is 1. The van der Waals surface area contributed by atoms with Crippen LogP contribution in [0.3, 0.4) is 0 Å². The molecule has 1 amide bonds. The number of amides is 1. The fraction of sp³-hybridized carbons (Fsp3) is 0.222. The Bertz CT molecular complexity index is 774. The molecule has 0 aliphatic rings. The molecule has 0 N–H and O–H groups in total. The monoisotopic (exact) mass is 310 g/mol. The summed E-state index contributed by atoms with van der Waals surface area (Å²) in [6.45, 7) is 4.03. The van der Waals surface area contributed by atoms with Crippen molar-refractivity contribution in [3.8, 4) is 0 Å². The van der Waals surface area contributed by atoms with Crippen molar-refractivity contribution in [3.63, 3.8) is 0 Å². The van der Waals surface area contributed by atoms with Crippen molar-refractivity contribution in [2.75, 3.05) is 7.05 Å². The molecule has 1 heterocycles. The number of nitrogens with zero attached hydrogens (tertiary/aromatic N) is 2. The first kappa shape index (κ1) is 14.7. The second-order valence-electron chi connectivity index (χ2n) is 5.48. The maximum atomic E-state index is 12.6. The van der Waals surface area contributed by atoms with Gasteiger partial charge in [-0.15, -0.1) is 11.3 Å². The quantitative estimate of drug-likeness (QED) is 0.716. The predicted octanol–water partition coefficient (Wildman–Crippen LogP) is 4.44. The van der Waals surface area contributed by atoms with Gasteiger partial charge in [-0.25, -0.2) is 4.98 Å². The highest BCUT2D eigenvalue weighted by Crippen LogP contribution is 2.29. The van der Waals surface area contributed by atoms with E-state index in [4.69, 9.17) is 0 Å². The van der Waals surface area contributed by atoms with E-state index < -0.39 is 0 Å². The summed E-state index contributed by atoms with van der Waals surface area (Å²) < 4.78 is 1.15. The Balaban J connectivity index is 1.85. The summed E-state index contributed by atoms with van der Waals surface area (Å²) in [6, 6.07) is 15.7. The number of rotatable bonds is 3. The highest BCUT2D eigenvalue weighted by atomic mass is 32.1. The molecule has 1 atom stereocenters. The van der Waals surface area contributed by atoms with Gasteiger partial charge in [-0.3, -0.25) is 4.79 Å². The lowest BCUT2D eigenvalue weighted by Crippen LogP contribution is -2.29. The van der Waals surface area contributed by atoms with Gasteiger partial charge in [0.1, 0.15) is 5.01 Å². The molecule has 0 radical (unpaired) electrons. The van der Waals surface area contributed by atoms with E-state index in [0.29, 0.717) is 5.56 Å². The first-order valence-corrected chi connectivity index (χ1v) is 8.07. The van der Waals surface area contributed by atoms with Gasteiger partial charge in [0.25, 0.3) is 5.91 Å². The van der Waals surface area contributed by atoms with Crippen LogP contribution in [0.15, 0.2) is 48.5 Å². The molecule has 22 heavy (non-hydrogen) atoms. The van der Waals surface area contributed by atoms with Gasteiger partial charge in [0.15, 0.2) is 0 Å². The van der Waals surface area contributed by atoms with Gasteiger partial charge < -0.3 is 4.90 Å². The van der Waals surface area contributed by atoms with Crippen molar-refractivity contribution < 1.29 is 4.79 Å². The first-order valence-electron chi connectivity index (χ1n) is 7.25. The second-order valence-corrected chi connectivity index (χ2v) is 6.54. The average molecular weight is 310 g/mol. The van der Waals surface area contributed by atoms with Crippen LogP contribution in [0.2, 0.25) is 0 Å². The summed E-state index contributed by atoms with van der Waals surface area (Å²) in [5, 5.41) is 0.962. The van der Waals surface area contributed by atoms with Gasteiger partial charge >= 0.3 is 0 Å². The third kappa shape index (κ3) is 2.74. The Kier molecular flexibility index (Phi) is 3.94. The lowest BCUT2D eigenvalue weighted by molar-refractivity contribution is 0.0742. The van der Waals surface area contributed by atoms with Crippen molar-refractivity contribution >= 4 is 27.5 Å². The maximum absolute atomic E-state index is 12.6. The minimum atomic E-state index is -0.0498. The summed E-state index contributed by atoms with van der Waals surface area (Å²) in [7, 11) is 1.83. The van der Waals surface area contributed by atoms with Crippen LogP contribution in [0.1, 0.15) is 33.9 Å². The zero-order valence-electron chi connectivity index (χ0n) is 12.9. The number of aromatic nitrogens is 1. The molecule has 1 aromatic heterocycles. The maximum Gasteiger partial charge on any atom is 0.254 e. The largest absolute Gasteiger partial charge is 0.333 e. The van der Waals surface area contributed by atoms with E-state index in [-0.39, 0.29) is 11.9 Å². The molecule has 0 aliphatic carbocycles. The summed E-state index contributed by atoms with van der Waals surface area (Å²) in [5.41, 5.74) is 2.85. The molecule has 1 unspecified atom stereocenters. The molecule has 0 saturated carbocycles. The van der Waals surface area contributed by atoms with E-state index in [1.54, 1.807) is 16.2 Å². The fourth-order valence-corrected chi connectivity index (χ4v) is 3.37. The highest BCUT2D eigenvalue weighted by molar-refractivity contribution is 7.18. The van der Waals surface area contributed by atoms with Crippen molar-refractivity contribution in [2.24, 2.45) is 0 Å². The van der Waals surface area contributed by atoms with Crippen LogP contribution in [0.5, 0.6) is 0 Å². The van der Waals surface area contributed by atoms with Crippen molar-refractivity contribution in [1.82, 2.24) is 9.88 Å². The predicted molar refractivity (Wildman–Crippen MR) is 91.3 cm³/mol. The van der Waals surface area contributed by atoms with Crippen LogP contribution >= 0.6 is 11.3 Å². The van der Waals surface area contributed by atoms with Crippen molar-refractivity contribution in [2.45, 2.75) is 19.9 Å². The Labute approximate surface area is 134 Å². The number of thiazole rings is 1. The van der Waals surface area contributed by atoms with E-state index in [2.05, 4.69) is 11.1 Å². The average Bonchev–Trinajstić information content (AvgIpc) is 2.97. The molecule has 3 rings (SSSR count). The summed E-state index contributed by atoms with van der Waals surface area (Å²) in [6.07, 6.45) is 0. The molecule has 0 bridgehead atoms. The van der Waals surface area contributed by atoms with Crippen LogP contribution < -0.4 is 0 Å². The summed E-state index contributed by atoms with van der Waals surface area (Å²) in [4.78, 5) is 19.0. The van der Waals surface area contributed by atoms with Gasteiger partial charge in [-0.2, -0.15) is 0 Å². The Hall–Kier alpha value is -2.20. The molecule has 3 nitrogen and oxygen atoms in total. The standard InChI is InChI=1S/C18H18N2OS/c1-12-8-10-14(11-9-12)18(21)20(3)13(2)17-19-15-6-4-5-7-16(15)22-17/h4-11,13H,1-3H3. The topological polar surface area (TPSA) is 33.2 Å². The Morgan fingerprint density at radius 1 is 1.14 bits per heavy atom. The van der Waals surface area contributed by atoms with Crippen LogP contribution in [-0.4, -0.2) is 22.8 Å². The van der Waals surface area contributed by atoms with Gasteiger partial charge in [-0.05, 0) is 38.1 Å². The molecule has 0 saturated heterocycles. The molecule has 0 aliphatic heterocycles. The summed E-state index contributed by atoms with van der Waals surface area (Å²) >= 11 is 1.64. The normalized spacial score (nSPS) is 12.3. The number of carbonyl (C=O) groups is 1. The third-order valence-electron chi connectivity index (χ3n) is 3.87. The van der Waals surface area contributed by atoms with Crippen molar-refractivity contribution in [3.05, 3.63) is 64.7 Å². The zero-order chi connectivity index (χ0) is 15.7. The highest BCUT2D eigenvalue weighted by Gasteiger charge is 2.21.